The fourth-order valence-electron chi connectivity index (χ4n) is 3.16. The molecular formula is C14H25NO. The predicted molar refractivity (Wildman–Crippen MR) is 66.4 cm³/mol. The van der Waals surface area contributed by atoms with E-state index >= 15 is 0 Å². The maximum Gasteiger partial charge on any atom is 0.155 e. The molecule has 1 aliphatic carbocycles. The average molecular weight is 223 g/mol. The van der Waals surface area contributed by atoms with Crippen molar-refractivity contribution in [3.63, 3.8) is 0 Å². The van der Waals surface area contributed by atoms with Gasteiger partial charge in [-0.25, -0.2) is 0 Å². The molecule has 0 bridgehead atoms. The Labute approximate surface area is 99.4 Å². The number of fused-ring (bicyclic) bond motifs is 1. The number of Topliss-reactive ketones (excluding diaryl/α,β-unsaturated/α-hetero) is 1. The lowest BCUT2D eigenvalue weighted by atomic mass is 9.84. The van der Waals surface area contributed by atoms with Crippen LogP contribution in [0.1, 0.15) is 54.4 Å². The first-order valence-corrected chi connectivity index (χ1v) is 6.45. The molecule has 3 atom stereocenters. The largest absolute Gasteiger partial charge is 0.297 e. The van der Waals surface area contributed by atoms with E-state index in [9.17, 15) is 4.79 Å². The second kappa shape index (κ2) is 3.32. The van der Waals surface area contributed by atoms with Gasteiger partial charge < -0.3 is 0 Å². The van der Waals surface area contributed by atoms with Crippen LogP contribution in [0, 0.1) is 11.3 Å². The maximum atomic E-state index is 12.4. The van der Waals surface area contributed by atoms with E-state index in [-0.39, 0.29) is 17.0 Å². The molecule has 0 spiro atoms. The Kier molecular flexibility index (Phi) is 2.51. The first-order valence-electron chi connectivity index (χ1n) is 6.45. The van der Waals surface area contributed by atoms with Crippen molar-refractivity contribution in [1.82, 2.24) is 4.90 Å². The van der Waals surface area contributed by atoms with E-state index in [0.717, 1.165) is 12.3 Å². The Balaban J connectivity index is 2.20. The van der Waals surface area contributed by atoms with Gasteiger partial charge in [0.1, 0.15) is 0 Å². The van der Waals surface area contributed by atoms with Crippen LogP contribution in [-0.4, -0.2) is 28.3 Å². The molecule has 2 rings (SSSR count). The molecule has 1 heterocycles. The normalized spacial score (nSPS) is 35.0. The van der Waals surface area contributed by atoms with Crippen molar-refractivity contribution in [1.29, 1.82) is 0 Å². The summed E-state index contributed by atoms with van der Waals surface area (Å²) < 4.78 is 0. The first kappa shape index (κ1) is 12.1. The number of ketones is 1. The lowest BCUT2D eigenvalue weighted by molar-refractivity contribution is -0.133. The molecule has 2 nitrogen and oxygen atoms in total. The molecule has 2 unspecified atom stereocenters. The molecule has 1 saturated heterocycles. The summed E-state index contributed by atoms with van der Waals surface area (Å²) >= 11 is 0. The summed E-state index contributed by atoms with van der Waals surface area (Å²) in [6.45, 7) is 12.8. The van der Waals surface area contributed by atoms with Crippen molar-refractivity contribution < 1.29 is 4.79 Å². The van der Waals surface area contributed by atoms with Crippen LogP contribution in [-0.2, 0) is 4.79 Å². The number of carbonyl (C=O) groups excluding carboxylic acids is 1. The third-order valence-corrected chi connectivity index (χ3v) is 3.92. The minimum absolute atomic E-state index is 0.126. The monoisotopic (exact) mass is 223 g/mol. The van der Waals surface area contributed by atoms with Crippen LogP contribution in [0.5, 0.6) is 0 Å². The van der Waals surface area contributed by atoms with Gasteiger partial charge in [-0.1, -0.05) is 20.8 Å². The second-order valence-electron chi connectivity index (χ2n) is 7.51. The molecule has 0 aromatic heterocycles. The average Bonchev–Trinajstić information content (AvgIpc) is 2.71. The fourth-order valence-corrected chi connectivity index (χ4v) is 3.16. The van der Waals surface area contributed by atoms with Crippen molar-refractivity contribution in [2.24, 2.45) is 11.3 Å². The predicted octanol–water partition coefficient (Wildman–Crippen LogP) is 2.86. The second-order valence-corrected chi connectivity index (χ2v) is 7.51. The number of hydrogen-bond acceptors (Lipinski definition) is 2. The zero-order valence-corrected chi connectivity index (χ0v) is 11.5. The topological polar surface area (TPSA) is 20.3 Å². The van der Waals surface area contributed by atoms with Crippen LogP contribution in [0.2, 0.25) is 0 Å². The first-order chi connectivity index (χ1) is 7.12. The smallest absolute Gasteiger partial charge is 0.155 e. The van der Waals surface area contributed by atoms with Crippen LogP contribution in [0.3, 0.4) is 0 Å². The summed E-state index contributed by atoms with van der Waals surface area (Å²) in [7, 11) is 0. The minimum Gasteiger partial charge on any atom is -0.297 e. The van der Waals surface area contributed by atoms with E-state index in [2.05, 4.69) is 25.7 Å². The van der Waals surface area contributed by atoms with E-state index in [0.29, 0.717) is 11.8 Å². The van der Waals surface area contributed by atoms with Gasteiger partial charge in [0.25, 0.3) is 0 Å². The highest BCUT2D eigenvalue weighted by molar-refractivity contribution is 5.89. The summed E-state index contributed by atoms with van der Waals surface area (Å²) in [5.74, 6) is 1.23. The fraction of sp³-hybridized carbons (Fsp3) is 0.929. The van der Waals surface area contributed by atoms with Gasteiger partial charge in [-0.3, -0.25) is 9.69 Å². The molecule has 0 N–H and O–H groups in total. The lowest BCUT2D eigenvalue weighted by Crippen LogP contribution is -2.52. The van der Waals surface area contributed by atoms with Crippen LogP contribution < -0.4 is 0 Å². The molecule has 1 saturated carbocycles. The summed E-state index contributed by atoms with van der Waals surface area (Å²) in [6.07, 6.45) is 2.41. The maximum absolute atomic E-state index is 12.4. The third kappa shape index (κ3) is 1.92. The summed E-state index contributed by atoms with van der Waals surface area (Å²) in [6, 6.07) is 0.861. The van der Waals surface area contributed by atoms with Crippen LogP contribution in [0.25, 0.3) is 0 Å². The minimum atomic E-state index is -0.203. The Morgan fingerprint density at radius 3 is 2.06 bits per heavy atom. The Morgan fingerprint density at radius 2 is 1.62 bits per heavy atom. The van der Waals surface area contributed by atoms with Gasteiger partial charge in [0, 0.05) is 17.0 Å². The van der Waals surface area contributed by atoms with Gasteiger partial charge in [-0.2, -0.15) is 0 Å². The molecule has 0 aromatic carbocycles. The molecule has 16 heavy (non-hydrogen) atoms. The quantitative estimate of drug-likeness (QED) is 0.681. The van der Waals surface area contributed by atoms with E-state index < -0.39 is 0 Å². The van der Waals surface area contributed by atoms with Gasteiger partial charge in [0.05, 0.1) is 6.04 Å². The van der Waals surface area contributed by atoms with Crippen LogP contribution >= 0.6 is 0 Å². The summed E-state index contributed by atoms with van der Waals surface area (Å²) in [5, 5.41) is 0. The molecule has 2 fully saturated rings. The van der Waals surface area contributed by atoms with Crippen molar-refractivity contribution >= 4 is 5.78 Å². The standard InChI is InChI=1S/C14H25NO/c1-13(2,3)12(16)11-8-9-7-10(9)15(11)14(4,5)6/h9-11H,7-8H2,1-6H3/t9?,10?,11-/m0/s1. The Hall–Kier alpha value is -0.370. The number of piperidine rings is 1. The van der Waals surface area contributed by atoms with Crippen molar-refractivity contribution in [2.45, 2.75) is 72.0 Å². The zero-order chi connectivity index (χ0) is 12.3. The molecule has 0 radical (unpaired) electrons. The highest BCUT2D eigenvalue weighted by Gasteiger charge is 2.57. The molecule has 2 aliphatic rings. The van der Waals surface area contributed by atoms with Gasteiger partial charge in [0.2, 0.25) is 0 Å². The Bertz CT molecular complexity index is 308. The van der Waals surface area contributed by atoms with Crippen molar-refractivity contribution in [2.75, 3.05) is 0 Å². The molecule has 92 valence electrons. The molecule has 1 aliphatic heterocycles. The highest BCUT2D eigenvalue weighted by Crippen LogP contribution is 2.51. The van der Waals surface area contributed by atoms with Crippen molar-refractivity contribution in [3.8, 4) is 0 Å². The molecule has 2 heteroatoms. The highest BCUT2D eigenvalue weighted by atomic mass is 16.1. The van der Waals surface area contributed by atoms with Gasteiger partial charge in [-0.15, -0.1) is 0 Å². The van der Waals surface area contributed by atoms with Gasteiger partial charge in [0.15, 0.2) is 5.78 Å². The molecule has 0 amide bonds. The molecular weight excluding hydrogens is 198 g/mol. The van der Waals surface area contributed by atoms with Crippen LogP contribution in [0.15, 0.2) is 0 Å². The molecule has 0 aromatic rings. The van der Waals surface area contributed by atoms with E-state index in [4.69, 9.17) is 0 Å². The summed E-state index contributed by atoms with van der Waals surface area (Å²) in [4.78, 5) is 14.9. The van der Waals surface area contributed by atoms with Crippen molar-refractivity contribution in [3.05, 3.63) is 0 Å². The van der Waals surface area contributed by atoms with Gasteiger partial charge in [-0.05, 0) is 39.5 Å². The number of likely N-dealkylation sites (tertiary alicyclic amines) is 1. The van der Waals surface area contributed by atoms with E-state index in [1.807, 2.05) is 20.8 Å². The number of nitrogens with zero attached hydrogens (tertiary/aromatic N) is 1. The lowest BCUT2D eigenvalue weighted by Gasteiger charge is -2.40. The third-order valence-electron chi connectivity index (χ3n) is 3.92. The SMILES string of the molecule is CC(C)(C)C(=O)[C@@H]1CC2CC2N1C(C)(C)C. The number of carbonyl (C=O) groups is 1. The van der Waals surface area contributed by atoms with E-state index in [1.165, 1.54) is 6.42 Å². The Morgan fingerprint density at radius 1 is 1.06 bits per heavy atom. The van der Waals surface area contributed by atoms with Crippen LogP contribution in [0.4, 0.5) is 0 Å². The summed E-state index contributed by atoms with van der Waals surface area (Å²) in [5.41, 5.74) is -0.0769. The van der Waals surface area contributed by atoms with Gasteiger partial charge >= 0.3 is 0 Å². The number of hydrogen-bond donors (Lipinski definition) is 0. The zero-order valence-electron chi connectivity index (χ0n) is 11.5. The van der Waals surface area contributed by atoms with E-state index in [1.54, 1.807) is 0 Å². The number of rotatable bonds is 1.